The second kappa shape index (κ2) is 10.4. The number of carboxylic acids is 1. The summed E-state index contributed by atoms with van der Waals surface area (Å²) in [5.41, 5.74) is 3.72. The second-order valence-electron chi connectivity index (χ2n) is 8.47. The number of aliphatic carboxylic acids is 1. The van der Waals surface area contributed by atoms with E-state index in [1.807, 2.05) is 48.5 Å². The third-order valence-corrected chi connectivity index (χ3v) is 5.88. The molecule has 0 bridgehead atoms. The first-order chi connectivity index (χ1) is 15.7. The highest BCUT2D eigenvalue weighted by Crippen LogP contribution is 2.39. The average Bonchev–Trinajstić information content (AvgIpc) is 2.80. The fraction of sp³-hybridized carbons (Fsp3) is 0.360. The molecule has 2 unspecified atom stereocenters. The molecule has 174 valence electrons. The number of rotatable bonds is 9. The summed E-state index contributed by atoms with van der Waals surface area (Å²) in [4.78, 5) is 50.7. The van der Waals surface area contributed by atoms with Crippen LogP contribution in [0.3, 0.4) is 0 Å². The predicted octanol–water partition coefficient (Wildman–Crippen LogP) is 3.36. The lowest BCUT2D eigenvalue weighted by Crippen LogP contribution is -2.47. The third-order valence-electron chi connectivity index (χ3n) is 5.88. The van der Waals surface area contributed by atoms with Crippen molar-refractivity contribution in [2.24, 2.45) is 11.8 Å². The molecule has 2 atom stereocenters. The number of fused-ring (bicyclic) bond motifs is 3. The number of hydrogen-bond acceptors (Lipinski definition) is 4. The monoisotopic (exact) mass is 454 g/mol. The summed E-state index contributed by atoms with van der Waals surface area (Å²) in [5.74, 6) is -4.34. The molecule has 7 nitrogen and oxygen atoms in total. The Morgan fingerprint density at radius 2 is 1.64 bits per heavy atom. The molecule has 0 fully saturated rings. The van der Waals surface area contributed by atoms with E-state index in [-0.39, 0.29) is 18.2 Å². The molecule has 0 spiro atoms. The highest BCUT2D eigenvalue weighted by atomic mass is 19.1. The summed E-state index contributed by atoms with van der Waals surface area (Å²) < 4.78 is 12.9. The SMILES string of the molecule is CC(C)C(CC(=O)N1Cc2ccccc2-c2ccccc21)C(=O)NC(CC(=O)O)C(=O)CF. The van der Waals surface area contributed by atoms with Gasteiger partial charge in [-0.15, -0.1) is 0 Å². The minimum Gasteiger partial charge on any atom is -0.481 e. The van der Waals surface area contributed by atoms with Crippen LogP contribution in [0.1, 0.15) is 32.3 Å². The van der Waals surface area contributed by atoms with Crippen LogP contribution in [0, 0.1) is 11.8 Å². The first-order valence-electron chi connectivity index (χ1n) is 10.8. The summed E-state index contributed by atoms with van der Waals surface area (Å²) in [5, 5.41) is 11.3. The molecule has 3 rings (SSSR count). The average molecular weight is 454 g/mol. The minimum absolute atomic E-state index is 0.135. The van der Waals surface area contributed by atoms with Gasteiger partial charge >= 0.3 is 5.97 Å². The van der Waals surface area contributed by atoms with E-state index >= 15 is 0 Å². The maximum atomic E-state index is 13.4. The van der Waals surface area contributed by atoms with E-state index in [2.05, 4.69) is 5.32 Å². The summed E-state index contributed by atoms with van der Waals surface area (Å²) in [6.45, 7) is 2.51. The summed E-state index contributed by atoms with van der Waals surface area (Å²) in [6, 6.07) is 13.9. The van der Waals surface area contributed by atoms with E-state index in [0.717, 1.165) is 22.4 Å². The molecule has 0 radical (unpaired) electrons. The number of para-hydroxylation sites is 1. The number of nitrogens with zero attached hydrogens (tertiary/aromatic N) is 1. The van der Waals surface area contributed by atoms with Crippen LogP contribution in [0.15, 0.2) is 48.5 Å². The number of carbonyl (C=O) groups excluding carboxylic acids is 3. The fourth-order valence-electron chi connectivity index (χ4n) is 4.06. The highest BCUT2D eigenvalue weighted by Gasteiger charge is 2.33. The Labute approximate surface area is 191 Å². The van der Waals surface area contributed by atoms with Crippen LogP contribution >= 0.6 is 0 Å². The van der Waals surface area contributed by atoms with Crippen molar-refractivity contribution in [1.82, 2.24) is 5.32 Å². The van der Waals surface area contributed by atoms with Crippen LogP contribution < -0.4 is 10.2 Å². The highest BCUT2D eigenvalue weighted by molar-refractivity contribution is 6.02. The van der Waals surface area contributed by atoms with Crippen molar-refractivity contribution in [3.63, 3.8) is 0 Å². The van der Waals surface area contributed by atoms with Crippen LogP contribution in [0.5, 0.6) is 0 Å². The van der Waals surface area contributed by atoms with Crippen LogP contribution in [-0.4, -0.2) is 41.4 Å². The summed E-state index contributed by atoms with van der Waals surface area (Å²) >= 11 is 0. The first kappa shape index (κ1) is 24.1. The molecule has 1 aliphatic rings. The van der Waals surface area contributed by atoms with Crippen molar-refractivity contribution in [2.45, 2.75) is 39.3 Å². The summed E-state index contributed by atoms with van der Waals surface area (Å²) in [7, 11) is 0. The van der Waals surface area contributed by atoms with Gasteiger partial charge in [-0.05, 0) is 23.1 Å². The zero-order valence-corrected chi connectivity index (χ0v) is 18.6. The van der Waals surface area contributed by atoms with Crippen molar-refractivity contribution in [1.29, 1.82) is 0 Å². The maximum Gasteiger partial charge on any atom is 0.305 e. The van der Waals surface area contributed by atoms with Crippen molar-refractivity contribution in [3.8, 4) is 11.1 Å². The number of Topliss-reactive ketones (excluding diaryl/α,β-unsaturated/α-hetero) is 1. The van der Waals surface area contributed by atoms with Gasteiger partial charge in [0.15, 0.2) is 5.78 Å². The number of carboxylic acid groups (broad SMARTS) is 1. The fourth-order valence-corrected chi connectivity index (χ4v) is 4.06. The molecule has 2 aromatic carbocycles. The number of amides is 2. The number of carbonyl (C=O) groups is 4. The van der Waals surface area contributed by atoms with E-state index in [0.29, 0.717) is 6.54 Å². The normalized spacial score (nSPS) is 14.1. The van der Waals surface area contributed by atoms with Crippen LogP contribution in [0.2, 0.25) is 0 Å². The standard InChI is InChI=1S/C25H27FN2O5/c1-15(2)19(25(33)27-20(12-24(31)32)22(29)13-26)11-23(30)28-14-16-7-3-4-8-17(16)18-9-5-6-10-21(18)28/h3-10,15,19-20H,11-14H2,1-2H3,(H,27,33)(H,31,32). The molecule has 8 heteroatoms. The Morgan fingerprint density at radius 1 is 1.00 bits per heavy atom. The quantitative estimate of drug-likeness (QED) is 0.605. The van der Waals surface area contributed by atoms with Crippen LogP contribution in [0.25, 0.3) is 11.1 Å². The zero-order chi connectivity index (χ0) is 24.1. The van der Waals surface area contributed by atoms with E-state index in [1.165, 1.54) is 0 Å². The summed E-state index contributed by atoms with van der Waals surface area (Å²) in [6.07, 6.45) is -0.854. The number of benzene rings is 2. The number of nitrogens with one attached hydrogen (secondary N) is 1. The van der Waals surface area contributed by atoms with E-state index in [9.17, 15) is 23.6 Å². The molecule has 1 aliphatic heterocycles. The number of ketones is 1. The molecular formula is C25H27FN2O5. The Morgan fingerprint density at radius 3 is 2.27 bits per heavy atom. The largest absolute Gasteiger partial charge is 0.481 e. The lowest BCUT2D eigenvalue weighted by atomic mass is 9.89. The predicted molar refractivity (Wildman–Crippen MR) is 121 cm³/mol. The molecule has 0 saturated heterocycles. The smallest absolute Gasteiger partial charge is 0.305 e. The van der Waals surface area contributed by atoms with Crippen molar-refractivity contribution in [2.75, 3.05) is 11.6 Å². The molecule has 0 aliphatic carbocycles. The van der Waals surface area contributed by atoms with Gasteiger partial charge in [-0.25, -0.2) is 4.39 Å². The molecular weight excluding hydrogens is 427 g/mol. The van der Waals surface area contributed by atoms with Gasteiger partial charge < -0.3 is 15.3 Å². The van der Waals surface area contributed by atoms with Gasteiger partial charge in [0.1, 0.15) is 12.7 Å². The molecule has 2 N–H and O–H groups in total. The number of halogens is 1. The van der Waals surface area contributed by atoms with Gasteiger partial charge in [0.05, 0.1) is 18.7 Å². The van der Waals surface area contributed by atoms with Crippen molar-refractivity contribution in [3.05, 3.63) is 54.1 Å². The van der Waals surface area contributed by atoms with E-state index < -0.39 is 42.7 Å². The van der Waals surface area contributed by atoms with Gasteiger partial charge in [0.2, 0.25) is 11.8 Å². The number of hydrogen-bond donors (Lipinski definition) is 2. The molecule has 0 aromatic heterocycles. The van der Waals surface area contributed by atoms with Gasteiger partial charge in [-0.1, -0.05) is 56.3 Å². The minimum atomic E-state index is -1.47. The molecule has 2 aromatic rings. The van der Waals surface area contributed by atoms with Crippen molar-refractivity contribution >= 4 is 29.3 Å². The van der Waals surface area contributed by atoms with Gasteiger partial charge in [0.25, 0.3) is 0 Å². The Balaban J connectivity index is 1.81. The Kier molecular flexibility index (Phi) is 7.58. The maximum absolute atomic E-state index is 13.4. The van der Waals surface area contributed by atoms with E-state index in [1.54, 1.807) is 18.7 Å². The number of alkyl halides is 1. The Hall–Kier alpha value is -3.55. The van der Waals surface area contributed by atoms with E-state index in [4.69, 9.17) is 5.11 Å². The van der Waals surface area contributed by atoms with Gasteiger partial charge in [-0.2, -0.15) is 0 Å². The first-order valence-corrected chi connectivity index (χ1v) is 10.8. The Bertz CT molecular complexity index is 1070. The second-order valence-corrected chi connectivity index (χ2v) is 8.47. The van der Waals surface area contributed by atoms with Crippen LogP contribution in [0.4, 0.5) is 10.1 Å². The topological polar surface area (TPSA) is 104 Å². The molecule has 1 heterocycles. The lowest BCUT2D eigenvalue weighted by molar-refractivity contribution is -0.141. The zero-order valence-electron chi connectivity index (χ0n) is 18.6. The van der Waals surface area contributed by atoms with Crippen LogP contribution in [-0.2, 0) is 25.7 Å². The van der Waals surface area contributed by atoms with Gasteiger partial charge in [0, 0.05) is 17.9 Å². The van der Waals surface area contributed by atoms with Crippen molar-refractivity contribution < 1.29 is 28.7 Å². The molecule has 2 amide bonds. The lowest BCUT2D eigenvalue weighted by Gasteiger charge is -2.33. The van der Waals surface area contributed by atoms with Gasteiger partial charge in [-0.3, -0.25) is 19.2 Å². The number of anilines is 1. The molecule has 0 saturated carbocycles. The molecule has 33 heavy (non-hydrogen) atoms. The third kappa shape index (κ3) is 5.45.